The molecular formula is C20H21NO. The maximum absolute atomic E-state index is 12.8. The summed E-state index contributed by atoms with van der Waals surface area (Å²) in [5.41, 5.74) is 5.21. The maximum Gasteiger partial charge on any atom is 0.226 e. The number of benzene rings is 2. The third-order valence-corrected chi connectivity index (χ3v) is 5.80. The van der Waals surface area contributed by atoms with Crippen LogP contribution in [0.1, 0.15) is 53.9 Å². The number of hydrogen-bond acceptors (Lipinski definition) is 1. The zero-order valence-corrected chi connectivity index (χ0v) is 13.1. The minimum Gasteiger partial charge on any atom is -0.359 e. The highest BCUT2D eigenvalue weighted by Gasteiger charge is 2.55. The minimum absolute atomic E-state index is 0.176. The third kappa shape index (κ3) is 1.53. The van der Waals surface area contributed by atoms with Crippen molar-refractivity contribution in [1.82, 2.24) is 5.32 Å². The molecule has 1 atom stereocenters. The topological polar surface area (TPSA) is 29.1 Å². The first-order chi connectivity index (χ1) is 10.7. The van der Waals surface area contributed by atoms with Gasteiger partial charge in [-0.3, -0.25) is 4.79 Å². The van der Waals surface area contributed by atoms with Crippen LogP contribution in [0.15, 0.2) is 48.5 Å². The summed E-state index contributed by atoms with van der Waals surface area (Å²) in [4.78, 5) is 12.8. The molecule has 2 aromatic rings. The van der Waals surface area contributed by atoms with Gasteiger partial charge in [-0.05, 0) is 35.1 Å². The first kappa shape index (κ1) is 13.6. The van der Waals surface area contributed by atoms with Crippen LogP contribution in [-0.4, -0.2) is 13.0 Å². The summed E-state index contributed by atoms with van der Waals surface area (Å²) < 4.78 is 0. The van der Waals surface area contributed by atoms with Crippen molar-refractivity contribution in [2.75, 3.05) is 7.05 Å². The fraction of sp³-hybridized carbons (Fsp3) is 0.350. The molecule has 1 N–H and O–H groups in total. The molecule has 22 heavy (non-hydrogen) atoms. The van der Waals surface area contributed by atoms with E-state index in [-0.39, 0.29) is 17.2 Å². The Hall–Kier alpha value is -2.09. The van der Waals surface area contributed by atoms with Crippen LogP contribution in [0.4, 0.5) is 0 Å². The largest absolute Gasteiger partial charge is 0.359 e. The summed E-state index contributed by atoms with van der Waals surface area (Å²) in [5, 5.41) is 2.93. The quantitative estimate of drug-likeness (QED) is 0.895. The van der Waals surface area contributed by atoms with E-state index in [1.54, 1.807) is 7.05 Å². The van der Waals surface area contributed by atoms with E-state index in [0.717, 1.165) is 12.8 Å². The van der Waals surface area contributed by atoms with E-state index in [9.17, 15) is 4.79 Å². The van der Waals surface area contributed by atoms with E-state index < -0.39 is 0 Å². The Bertz CT molecular complexity index is 703. The second-order valence-corrected chi connectivity index (χ2v) is 6.54. The molecule has 2 aromatic carbocycles. The SMILES string of the molecule is CCC1(C(=O)NC)CC2c3ccccc3C1c1ccccc12. The maximum atomic E-state index is 12.8. The van der Waals surface area contributed by atoms with Crippen LogP contribution in [0.3, 0.4) is 0 Å². The summed E-state index contributed by atoms with van der Waals surface area (Å²) in [6.07, 6.45) is 1.79. The van der Waals surface area contributed by atoms with E-state index in [1.165, 1.54) is 22.3 Å². The fourth-order valence-electron chi connectivity index (χ4n) is 4.80. The van der Waals surface area contributed by atoms with Crippen LogP contribution in [0.25, 0.3) is 0 Å². The second-order valence-electron chi connectivity index (χ2n) is 6.54. The first-order valence-corrected chi connectivity index (χ1v) is 8.12. The molecule has 0 saturated carbocycles. The summed E-state index contributed by atoms with van der Waals surface area (Å²) in [7, 11) is 1.76. The Kier molecular flexibility index (Phi) is 2.90. The molecule has 3 aliphatic carbocycles. The molecule has 0 aromatic heterocycles. The van der Waals surface area contributed by atoms with E-state index in [0.29, 0.717) is 5.92 Å². The van der Waals surface area contributed by atoms with Crippen LogP contribution in [-0.2, 0) is 4.79 Å². The lowest BCUT2D eigenvalue weighted by Crippen LogP contribution is -2.50. The third-order valence-electron chi connectivity index (χ3n) is 5.80. The minimum atomic E-state index is -0.317. The van der Waals surface area contributed by atoms with Crippen LogP contribution in [0.5, 0.6) is 0 Å². The molecule has 0 aliphatic heterocycles. The van der Waals surface area contributed by atoms with Gasteiger partial charge in [-0.2, -0.15) is 0 Å². The van der Waals surface area contributed by atoms with E-state index in [1.807, 2.05) is 0 Å². The van der Waals surface area contributed by atoms with Crippen molar-refractivity contribution < 1.29 is 4.79 Å². The van der Waals surface area contributed by atoms with Gasteiger partial charge in [-0.1, -0.05) is 55.5 Å². The van der Waals surface area contributed by atoms with Crippen molar-refractivity contribution in [3.8, 4) is 0 Å². The molecule has 2 heteroatoms. The molecule has 3 aliphatic rings. The van der Waals surface area contributed by atoms with Crippen molar-refractivity contribution in [3.05, 3.63) is 70.8 Å². The van der Waals surface area contributed by atoms with Crippen molar-refractivity contribution in [3.63, 3.8) is 0 Å². The van der Waals surface area contributed by atoms with Gasteiger partial charge in [0.15, 0.2) is 0 Å². The predicted octanol–water partition coefficient (Wildman–Crippen LogP) is 3.81. The molecule has 0 spiro atoms. The lowest BCUT2D eigenvalue weighted by Gasteiger charge is -2.52. The van der Waals surface area contributed by atoms with Gasteiger partial charge in [0.25, 0.3) is 0 Å². The zero-order valence-electron chi connectivity index (χ0n) is 13.1. The first-order valence-electron chi connectivity index (χ1n) is 8.12. The van der Waals surface area contributed by atoms with E-state index in [4.69, 9.17) is 0 Å². The number of fused-ring (bicyclic) bond motifs is 1. The Balaban J connectivity index is 2.02. The van der Waals surface area contributed by atoms with Gasteiger partial charge < -0.3 is 5.32 Å². The van der Waals surface area contributed by atoms with Gasteiger partial charge in [-0.25, -0.2) is 0 Å². The van der Waals surface area contributed by atoms with Gasteiger partial charge in [0.2, 0.25) is 5.91 Å². The number of hydrogen-bond donors (Lipinski definition) is 1. The number of nitrogens with one attached hydrogen (secondary N) is 1. The number of carbonyl (C=O) groups excluding carboxylic acids is 1. The average molecular weight is 291 g/mol. The van der Waals surface area contributed by atoms with Crippen molar-refractivity contribution in [2.24, 2.45) is 5.41 Å². The standard InChI is InChI=1S/C20H21NO/c1-3-20(19(22)21-2)12-17-13-8-4-6-10-15(13)18(20)16-11-7-5-9-14(16)17/h4-11,17-18H,3,12H2,1-2H3,(H,21,22). The Labute approximate surface area is 131 Å². The summed E-state index contributed by atoms with van der Waals surface area (Å²) in [6, 6.07) is 17.4. The fourth-order valence-corrected chi connectivity index (χ4v) is 4.80. The van der Waals surface area contributed by atoms with E-state index in [2.05, 4.69) is 60.8 Å². The lowest BCUT2D eigenvalue weighted by molar-refractivity contribution is -0.133. The van der Waals surface area contributed by atoms with Crippen molar-refractivity contribution >= 4 is 5.91 Å². The molecule has 2 bridgehead atoms. The molecule has 0 saturated heterocycles. The van der Waals surface area contributed by atoms with Crippen LogP contribution in [0, 0.1) is 5.41 Å². The highest BCUT2D eigenvalue weighted by atomic mass is 16.2. The smallest absolute Gasteiger partial charge is 0.226 e. The van der Waals surface area contributed by atoms with Crippen molar-refractivity contribution in [1.29, 1.82) is 0 Å². The van der Waals surface area contributed by atoms with Gasteiger partial charge in [0.05, 0.1) is 5.41 Å². The summed E-state index contributed by atoms with van der Waals surface area (Å²) in [5.74, 6) is 0.707. The molecule has 2 nitrogen and oxygen atoms in total. The Morgan fingerprint density at radius 2 is 1.55 bits per heavy atom. The Morgan fingerprint density at radius 1 is 1.05 bits per heavy atom. The number of amides is 1. The number of rotatable bonds is 2. The molecule has 1 amide bonds. The average Bonchev–Trinajstić information content (AvgIpc) is 2.60. The normalized spacial score (nSPS) is 27.9. The highest BCUT2D eigenvalue weighted by molar-refractivity contribution is 5.86. The summed E-state index contributed by atoms with van der Waals surface area (Å²) in [6.45, 7) is 2.15. The molecule has 0 radical (unpaired) electrons. The monoisotopic (exact) mass is 291 g/mol. The van der Waals surface area contributed by atoms with Gasteiger partial charge in [0, 0.05) is 18.9 Å². The van der Waals surface area contributed by atoms with Crippen LogP contribution >= 0.6 is 0 Å². The second kappa shape index (κ2) is 4.70. The van der Waals surface area contributed by atoms with Crippen LogP contribution in [0.2, 0.25) is 0 Å². The number of carbonyl (C=O) groups is 1. The molecule has 0 fully saturated rings. The molecule has 112 valence electrons. The van der Waals surface area contributed by atoms with Gasteiger partial charge in [0.1, 0.15) is 0 Å². The van der Waals surface area contributed by atoms with Gasteiger partial charge in [-0.15, -0.1) is 0 Å². The van der Waals surface area contributed by atoms with Crippen molar-refractivity contribution in [2.45, 2.75) is 31.6 Å². The molecule has 5 rings (SSSR count). The summed E-state index contributed by atoms with van der Waals surface area (Å²) >= 11 is 0. The highest BCUT2D eigenvalue weighted by Crippen LogP contribution is 2.62. The molecular weight excluding hydrogens is 270 g/mol. The lowest BCUT2D eigenvalue weighted by atomic mass is 9.51. The van der Waals surface area contributed by atoms with E-state index >= 15 is 0 Å². The molecule has 1 unspecified atom stereocenters. The Morgan fingerprint density at radius 3 is 2.00 bits per heavy atom. The predicted molar refractivity (Wildman–Crippen MR) is 88.0 cm³/mol. The van der Waals surface area contributed by atoms with Gasteiger partial charge >= 0.3 is 0 Å². The molecule has 0 heterocycles. The zero-order chi connectivity index (χ0) is 15.3. The van der Waals surface area contributed by atoms with Crippen LogP contribution < -0.4 is 5.32 Å².